The summed E-state index contributed by atoms with van der Waals surface area (Å²) in [6.45, 7) is 2.67. The summed E-state index contributed by atoms with van der Waals surface area (Å²) in [7, 11) is 2.10. The van der Waals surface area contributed by atoms with E-state index in [1.165, 1.54) is 17.3 Å². The molecule has 0 spiro atoms. The van der Waals surface area contributed by atoms with Gasteiger partial charge in [-0.1, -0.05) is 18.2 Å². The SMILES string of the molecule is CN1CCc2c(c3cc(F)ccc3n2CCc2ccccc2O)C1. The third-order valence-corrected chi connectivity index (χ3v) is 5.00. The zero-order valence-electron chi connectivity index (χ0n) is 13.8. The molecule has 0 atom stereocenters. The molecule has 0 radical (unpaired) electrons. The van der Waals surface area contributed by atoms with Crippen LogP contribution in [0.1, 0.15) is 16.8 Å². The first-order chi connectivity index (χ1) is 11.6. The van der Waals surface area contributed by atoms with Crippen molar-refractivity contribution in [2.24, 2.45) is 0 Å². The van der Waals surface area contributed by atoms with Crippen LogP contribution in [0.5, 0.6) is 5.75 Å². The molecule has 1 aliphatic heterocycles. The predicted molar refractivity (Wildman–Crippen MR) is 93.7 cm³/mol. The van der Waals surface area contributed by atoms with Gasteiger partial charge in [-0.05, 0) is 48.9 Å². The number of fused-ring (bicyclic) bond motifs is 3. The highest BCUT2D eigenvalue weighted by atomic mass is 19.1. The molecule has 0 fully saturated rings. The fourth-order valence-corrected chi connectivity index (χ4v) is 3.77. The lowest BCUT2D eigenvalue weighted by Gasteiger charge is -2.24. The first kappa shape index (κ1) is 15.2. The molecule has 0 aliphatic carbocycles. The molecule has 3 nitrogen and oxygen atoms in total. The summed E-state index contributed by atoms with van der Waals surface area (Å²) in [5.41, 5.74) is 4.59. The monoisotopic (exact) mass is 324 g/mol. The van der Waals surface area contributed by atoms with Crippen LogP contribution in [0.15, 0.2) is 42.5 Å². The van der Waals surface area contributed by atoms with Crippen LogP contribution in [-0.2, 0) is 25.9 Å². The molecule has 0 saturated heterocycles. The van der Waals surface area contributed by atoms with E-state index in [2.05, 4.69) is 16.5 Å². The summed E-state index contributed by atoms with van der Waals surface area (Å²) in [6.07, 6.45) is 1.74. The summed E-state index contributed by atoms with van der Waals surface area (Å²) in [6, 6.07) is 12.5. The second-order valence-electron chi connectivity index (χ2n) is 6.60. The Labute approximate surface area is 140 Å². The lowest BCUT2D eigenvalue weighted by atomic mass is 10.0. The van der Waals surface area contributed by atoms with Crippen molar-refractivity contribution in [3.05, 3.63) is 65.1 Å². The van der Waals surface area contributed by atoms with Gasteiger partial charge in [0, 0.05) is 42.7 Å². The van der Waals surface area contributed by atoms with Crippen LogP contribution in [0.3, 0.4) is 0 Å². The van der Waals surface area contributed by atoms with Crippen molar-refractivity contribution < 1.29 is 9.50 Å². The fourth-order valence-electron chi connectivity index (χ4n) is 3.77. The highest BCUT2D eigenvalue weighted by molar-refractivity contribution is 5.86. The second-order valence-corrected chi connectivity index (χ2v) is 6.60. The first-order valence-corrected chi connectivity index (χ1v) is 8.38. The molecule has 24 heavy (non-hydrogen) atoms. The van der Waals surface area contributed by atoms with E-state index >= 15 is 0 Å². The van der Waals surface area contributed by atoms with Crippen LogP contribution >= 0.6 is 0 Å². The topological polar surface area (TPSA) is 28.4 Å². The first-order valence-electron chi connectivity index (χ1n) is 8.38. The van der Waals surface area contributed by atoms with Crippen molar-refractivity contribution in [1.29, 1.82) is 0 Å². The molecule has 1 aromatic heterocycles. The lowest BCUT2D eigenvalue weighted by molar-refractivity contribution is 0.309. The molecular formula is C20H21FN2O. The van der Waals surface area contributed by atoms with Crippen molar-refractivity contribution in [2.75, 3.05) is 13.6 Å². The van der Waals surface area contributed by atoms with E-state index in [9.17, 15) is 9.50 Å². The molecule has 0 saturated carbocycles. The number of hydrogen-bond acceptors (Lipinski definition) is 2. The zero-order valence-corrected chi connectivity index (χ0v) is 13.8. The van der Waals surface area contributed by atoms with Crippen LogP contribution in [0.4, 0.5) is 4.39 Å². The van der Waals surface area contributed by atoms with Gasteiger partial charge < -0.3 is 14.6 Å². The van der Waals surface area contributed by atoms with Gasteiger partial charge in [-0.2, -0.15) is 0 Å². The number of para-hydroxylation sites is 1. The third-order valence-electron chi connectivity index (χ3n) is 5.00. The molecule has 4 heteroatoms. The van der Waals surface area contributed by atoms with Crippen LogP contribution in [0.25, 0.3) is 10.9 Å². The normalized spacial score (nSPS) is 14.9. The molecule has 0 amide bonds. The van der Waals surface area contributed by atoms with Gasteiger partial charge in [0.15, 0.2) is 0 Å². The second kappa shape index (κ2) is 5.95. The minimum Gasteiger partial charge on any atom is -0.508 e. The molecule has 3 aromatic rings. The van der Waals surface area contributed by atoms with Crippen molar-refractivity contribution in [2.45, 2.75) is 25.9 Å². The molecule has 2 aromatic carbocycles. The summed E-state index contributed by atoms with van der Waals surface area (Å²) in [5, 5.41) is 11.0. The van der Waals surface area contributed by atoms with Crippen molar-refractivity contribution in [1.82, 2.24) is 9.47 Å². The van der Waals surface area contributed by atoms with E-state index in [-0.39, 0.29) is 5.82 Å². The Bertz CT molecular complexity index is 900. The Hall–Kier alpha value is -2.33. The standard InChI is InChI=1S/C20H21FN2O/c1-22-10-9-19-17(13-22)16-12-15(21)6-7-18(16)23(19)11-8-14-4-2-3-5-20(14)24/h2-7,12,24H,8-11,13H2,1H3. The Kier molecular flexibility index (Phi) is 3.77. The zero-order chi connectivity index (χ0) is 16.7. The number of rotatable bonds is 3. The molecule has 0 unspecified atom stereocenters. The summed E-state index contributed by atoms with van der Waals surface area (Å²) in [4.78, 5) is 2.28. The van der Waals surface area contributed by atoms with E-state index in [4.69, 9.17) is 0 Å². The summed E-state index contributed by atoms with van der Waals surface area (Å²) in [5.74, 6) is 0.157. The Morgan fingerprint density at radius 2 is 2.00 bits per heavy atom. The number of benzene rings is 2. The molecule has 2 heterocycles. The van der Waals surface area contributed by atoms with E-state index in [0.29, 0.717) is 5.75 Å². The quantitative estimate of drug-likeness (QED) is 0.795. The minimum absolute atomic E-state index is 0.184. The number of phenolic OH excluding ortho intramolecular Hbond substituents is 1. The maximum absolute atomic E-state index is 13.8. The number of nitrogens with zero attached hydrogens (tertiary/aromatic N) is 2. The third kappa shape index (κ3) is 2.57. The van der Waals surface area contributed by atoms with Gasteiger partial charge in [0.05, 0.1) is 0 Å². The number of likely N-dealkylation sites (N-methyl/N-ethyl adjacent to an activating group) is 1. The Balaban J connectivity index is 1.76. The van der Waals surface area contributed by atoms with Gasteiger partial charge in [-0.15, -0.1) is 0 Å². The predicted octanol–water partition coefficient (Wildman–Crippen LogP) is 3.72. The van der Waals surface area contributed by atoms with Gasteiger partial charge >= 0.3 is 0 Å². The molecule has 124 valence electrons. The maximum atomic E-state index is 13.8. The highest BCUT2D eigenvalue weighted by Crippen LogP contribution is 2.31. The number of halogens is 1. The fraction of sp³-hybridized carbons (Fsp3) is 0.300. The van der Waals surface area contributed by atoms with Gasteiger partial charge in [0.25, 0.3) is 0 Å². The molecule has 4 rings (SSSR count). The van der Waals surface area contributed by atoms with E-state index in [1.807, 2.05) is 24.3 Å². The smallest absolute Gasteiger partial charge is 0.123 e. The van der Waals surface area contributed by atoms with Crippen LogP contribution in [0.2, 0.25) is 0 Å². The molecule has 0 bridgehead atoms. The van der Waals surface area contributed by atoms with Crippen LogP contribution < -0.4 is 0 Å². The largest absolute Gasteiger partial charge is 0.508 e. The van der Waals surface area contributed by atoms with E-state index in [0.717, 1.165) is 48.9 Å². The maximum Gasteiger partial charge on any atom is 0.123 e. The number of phenols is 1. The molecule has 1 N–H and O–H groups in total. The van der Waals surface area contributed by atoms with E-state index in [1.54, 1.807) is 12.1 Å². The average Bonchev–Trinajstić information content (AvgIpc) is 2.87. The van der Waals surface area contributed by atoms with Crippen LogP contribution in [0, 0.1) is 5.82 Å². The number of hydrogen-bond donors (Lipinski definition) is 1. The number of aryl methyl sites for hydroxylation is 2. The van der Waals surface area contributed by atoms with Crippen molar-refractivity contribution in [3.63, 3.8) is 0 Å². The van der Waals surface area contributed by atoms with Gasteiger partial charge in [-0.3, -0.25) is 0 Å². The highest BCUT2D eigenvalue weighted by Gasteiger charge is 2.22. The van der Waals surface area contributed by atoms with Crippen LogP contribution in [-0.4, -0.2) is 28.2 Å². The molecular weight excluding hydrogens is 303 g/mol. The van der Waals surface area contributed by atoms with Gasteiger partial charge in [0.1, 0.15) is 11.6 Å². The van der Waals surface area contributed by atoms with Crippen molar-refractivity contribution >= 4 is 10.9 Å². The summed E-state index contributed by atoms with van der Waals surface area (Å²) < 4.78 is 16.1. The molecule has 1 aliphatic rings. The summed E-state index contributed by atoms with van der Waals surface area (Å²) >= 11 is 0. The average molecular weight is 324 g/mol. The van der Waals surface area contributed by atoms with Gasteiger partial charge in [0.2, 0.25) is 0 Å². The Morgan fingerprint density at radius 3 is 2.83 bits per heavy atom. The Morgan fingerprint density at radius 1 is 1.17 bits per heavy atom. The van der Waals surface area contributed by atoms with Gasteiger partial charge in [-0.25, -0.2) is 4.39 Å². The number of aromatic hydroxyl groups is 1. The number of aromatic nitrogens is 1. The minimum atomic E-state index is -0.184. The lowest BCUT2D eigenvalue weighted by Crippen LogP contribution is -2.27. The van der Waals surface area contributed by atoms with Crippen molar-refractivity contribution in [3.8, 4) is 5.75 Å². The van der Waals surface area contributed by atoms with E-state index < -0.39 is 0 Å².